The quantitative estimate of drug-likeness (QED) is 0.498. The minimum absolute atomic E-state index is 0.0386. The maximum Gasteiger partial charge on any atom is 0.261 e. The molecule has 0 saturated heterocycles. The van der Waals surface area contributed by atoms with Crippen molar-refractivity contribution in [1.82, 2.24) is 9.97 Å². The molecule has 0 radical (unpaired) electrons. The van der Waals surface area contributed by atoms with E-state index >= 15 is 0 Å². The first kappa shape index (κ1) is 25.5. The van der Waals surface area contributed by atoms with Crippen LogP contribution in [0.25, 0.3) is 10.9 Å². The van der Waals surface area contributed by atoms with Gasteiger partial charge in [-0.25, -0.2) is 9.37 Å². The third-order valence-corrected chi connectivity index (χ3v) is 12.0. The van der Waals surface area contributed by atoms with Gasteiger partial charge in [-0.1, -0.05) is 26.8 Å². The summed E-state index contributed by atoms with van der Waals surface area (Å²) in [4.78, 5) is 19.9. The SMILES string of the molecule is C[C@H](CCc1nc2cccc(F)c2c(=O)[nH]1)[C@H]1CC[C@H]2[C@H]3C(CC[C@]12C)[C@@]1(C)CC[C@@H](O)C[C@H]1C[C@@H]3O. The Hall–Kier alpha value is -1.79. The van der Waals surface area contributed by atoms with E-state index in [9.17, 15) is 19.4 Å². The van der Waals surface area contributed by atoms with Gasteiger partial charge < -0.3 is 15.2 Å². The zero-order valence-electron chi connectivity index (χ0n) is 22.5. The second-order valence-corrected chi connectivity index (χ2v) is 13.6. The van der Waals surface area contributed by atoms with Crippen molar-refractivity contribution in [3.05, 3.63) is 40.2 Å². The molecule has 0 bridgehead atoms. The summed E-state index contributed by atoms with van der Waals surface area (Å²) in [6, 6.07) is 4.60. The topological polar surface area (TPSA) is 86.2 Å². The van der Waals surface area contributed by atoms with Crippen molar-refractivity contribution in [3.63, 3.8) is 0 Å². The summed E-state index contributed by atoms with van der Waals surface area (Å²) in [6.07, 6.45) is 9.67. The molecule has 0 amide bonds. The van der Waals surface area contributed by atoms with Gasteiger partial charge in [0.25, 0.3) is 5.56 Å². The number of nitrogens with zero attached hydrogens (tertiary/aromatic N) is 1. The molecule has 3 N–H and O–H groups in total. The number of H-pyrrole nitrogens is 1. The van der Waals surface area contributed by atoms with Crippen molar-refractivity contribution in [3.8, 4) is 0 Å². The Balaban J connectivity index is 1.18. The molecular formula is C31H43FN2O3. The molecule has 1 aromatic heterocycles. The Morgan fingerprint density at radius 2 is 1.84 bits per heavy atom. The normalized spacial score (nSPS) is 42.2. The van der Waals surface area contributed by atoms with E-state index in [1.54, 1.807) is 12.1 Å². The van der Waals surface area contributed by atoms with Crippen LogP contribution >= 0.6 is 0 Å². The van der Waals surface area contributed by atoms with Crippen LogP contribution in [-0.4, -0.2) is 32.4 Å². The van der Waals surface area contributed by atoms with Gasteiger partial charge in [-0.3, -0.25) is 4.79 Å². The molecule has 6 heteroatoms. The molecule has 1 aromatic carbocycles. The fraction of sp³-hybridized carbons (Fsp3) is 0.742. The van der Waals surface area contributed by atoms with Crippen molar-refractivity contribution in [2.45, 2.75) is 97.2 Å². The monoisotopic (exact) mass is 510 g/mol. The summed E-state index contributed by atoms with van der Waals surface area (Å²) in [5, 5.41) is 21.8. The lowest BCUT2D eigenvalue weighted by Crippen LogP contribution is -2.58. The summed E-state index contributed by atoms with van der Waals surface area (Å²) in [5.41, 5.74) is 0.504. The van der Waals surface area contributed by atoms with Crippen molar-refractivity contribution >= 4 is 10.9 Å². The van der Waals surface area contributed by atoms with Gasteiger partial charge in [0.15, 0.2) is 0 Å². The lowest BCUT2D eigenvalue weighted by atomic mass is 9.43. The van der Waals surface area contributed by atoms with E-state index < -0.39 is 11.4 Å². The van der Waals surface area contributed by atoms with Gasteiger partial charge in [0.1, 0.15) is 17.0 Å². The highest BCUT2D eigenvalue weighted by Crippen LogP contribution is 2.68. The summed E-state index contributed by atoms with van der Waals surface area (Å²) in [5.74, 6) is 3.12. The molecule has 1 unspecified atom stereocenters. The molecule has 37 heavy (non-hydrogen) atoms. The van der Waals surface area contributed by atoms with E-state index in [1.807, 2.05) is 0 Å². The summed E-state index contributed by atoms with van der Waals surface area (Å²) < 4.78 is 14.1. The van der Waals surface area contributed by atoms with E-state index in [2.05, 4.69) is 30.7 Å². The number of rotatable bonds is 4. The number of aryl methyl sites for hydroxylation is 1. The highest BCUT2D eigenvalue weighted by atomic mass is 19.1. The number of hydrogen-bond donors (Lipinski definition) is 3. The number of aromatic amines is 1. The number of halogens is 1. The van der Waals surface area contributed by atoms with E-state index in [0.29, 0.717) is 53.3 Å². The van der Waals surface area contributed by atoms with Crippen molar-refractivity contribution in [2.75, 3.05) is 0 Å². The number of fused-ring (bicyclic) bond motifs is 6. The number of aliphatic hydroxyl groups is 2. The van der Waals surface area contributed by atoms with Crippen LogP contribution < -0.4 is 5.56 Å². The molecule has 5 nitrogen and oxygen atoms in total. The Morgan fingerprint density at radius 1 is 1.08 bits per heavy atom. The second-order valence-electron chi connectivity index (χ2n) is 13.6. The molecule has 0 aliphatic heterocycles. The predicted octanol–water partition coefficient (Wildman–Crippen LogP) is 5.62. The molecule has 1 heterocycles. The molecule has 4 aliphatic rings. The zero-order chi connectivity index (χ0) is 26.1. The number of benzene rings is 1. The molecular weight excluding hydrogens is 467 g/mol. The van der Waals surface area contributed by atoms with E-state index in [4.69, 9.17) is 0 Å². The van der Waals surface area contributed by atoms with E-state index in [-0.39, 0.29) is 28.4 Å². The standard InChI is InChI=1S/C31H43FN2O3/c1-17(7-10-26-33-24-6-4-5-23(32)28(24)29(37)34-26)20-8-9-21-27-22(12-14-31(20,21)3)30(2)13-11-19(35)15-18(30)16-25(27)36/h4-6,17-22,25,27,35-36H,7-16H2,1-3H3,(H,33,34,37)/t17-,18+,19-,20-,21+,22?,25+,27+,30+,31-/m1/s1. The smallest absolute Gasteiger partial charge is 0.261 e. The lowest BCUT2D eigenvalue weighted by Gasteiger charge is -2.62. The van der Waals surface area contributed by atoms with Crippen molar-refractivity contribution in [1.29, 1.82) is 0 Å². The van der Waals surface area contributed by atoms with Crippen LogP contribution in [0.15, 0.2) is 23.0 Å². The summed E-state index contributed by atoms with van der Waals surface area (Å²) in [6.45, 7) is 7.31. The minimum atomic E-state index is -0.527. The van der Waals surface area contributed by atoms with Gasteiger partial charge in [-0.05, 0) is 116 Å². The minimum Gasteiger partial charge on any atom is -0.393 e. The average molecular weight is 511 g/mol. The summed E-state index contributed by atoms with van der Waals surface area (Å²) >= 11 is 0. The van der Waals surface area contributed by atoms with Crippen LogP contribution in [-0.2, 0) is 6.42 Å². The van der Waals surface area contributed by atoms with Gasteiger partial charge in [-0.15, -0.1) is 0 Å². The van der Waals surface area contributed by atoms with Crippen LogP contribution in [0, 0.1) is 52.2 Å². The van der Waals surface area contributed by atoms with Gasteiger partial charge in [0, 0.05) is 6.42 Å². The maximum atomic E-state index is 14.1. The van der Waals surface area contributed by atoms with Crippen LogP contribution in [0.2, 0.25) is 0 Å². The Labute approximate surface area is 219 Å². The molecule has 4 fully saturated rings. The number of hydrogen-bond acceptors (Lipinski definition) is 4. The van der Waals surface area contributed by atoms with Gasteiger partial charge in [0.05, 0.1) is 17.7 Å². The van der Waals surface area contributed by atoms with Crippen molar-refractivity contribution < 1.29 is 14.6 Å². The van der Waals surface area contributed by atoms with Crippen LogP contribution in [0.4, 0.5) is 4.39 Å². The fourth-order valence-electron chi connectivity index (χ4n) is 10.1. The molecule has 4 aliphatic carbocycles. The molecule has 10 atom stereocenters. The Morgan fingerprint density at radius 3 is 2.65 bits per heavy atom. The van der Waals surface area contributed by atoms with E-state index in [0.717, 1.165) is 32.1 Å². The van der Waals surface area contributed by atoms with Gasteiger partial charge in [-0.2, -0.15) is 0 Å². The molecule has 6 rings (SSSR count). The van der Waals surface area contributed by atoms with Crippen molar-refractivity contribution in [2.24, 2.45) is 46.3 Å². The van der Waals surface area contributed by atoms with Gasteiger partial charge >= 0.3 is 0 Å². The Bertz CT molecular complexity index is 1230. The summed E-state index contributed by atoms with van der Waals surface area (Å²) in [7, 11) is 0. The molecule has 0 spiro atoms. The number of aromatic nitrogens is 2. The highest BCUT2D eigenvalue weighted by molar-refractivity contribution is 5.77. The molecule has 2 aromatic rings. The molecule has 202 valence electrons. The largest absolute Gasteiger partial charge is 0.393 e. The van der Waals surface area contributed by atoms with Gasteiger partial charge in [0.2, 0.25) is 0 Å². The van der Waals surface area contributed by atoms with Crippen LogP contribution in [0.5, 0.6) is 0 Å². The fourth-order valence-corrected chi connectivity index (χ4v) is 10.1. The first-order chi connectivity index (χ1) is 17.6. The third-order valence-electron chi connectivity index (χ3n) is 12.0. The first-order valence-electron chi connectivity index (χ1n) is 14.7. The predicted molar refractivity (Wildman–Crippen MR) is 142 cm³/mol. The van der Waals surface area contributed by atoms with E-state index in [1.165, 1.54) is 31.7 Å². The molecule has 4 saturated carbocycles. The van der Waals surface area contributed by atoms with Crippen LogP contribution in [0.1, 0.15) is 84.4 Å². The first-order valence-corrected chi connectivity index (χ1v) is 14.7. The number of aliphatic hydroxyl groups excluding tert-OH is 2. The maximum absolute atomic E-state index is 14.1. The lowest BCUT2D eigenvalue weighted by molar-refractivity contribution is -0.174. The average Bonchev–Trinajstić information content (AvgIpc) is 3.21. The third kappa shape index (κ3) is 4.00. The Kier molecular flexibility index (Phi) is 6.30. The second kappa shape index (κ2) is 9.15. The highest BCUT2D eigenvalue weighted by Gasteiger charge is 2.62. The van der Waals surface area contributed by atoms with Crippen LogP contribution in [0.3, 0.4) is 0 Å². The zero-order valence-corrected chi connectivity index (χ0v) is 22.5. The number of nitrogens with one attached hydrogen (secondary N) is 1.